The fraction of sp³-hybridized carbons (Fsp3) is 0.462. The largest absolute Gasteiger partial charge is 0.370 e. The van der Waals surface area contributed by atoms with E-state index >= 15 is 0 Å². The second-order valence-electron chi connectivity index (χ2n) is 4.63. The molecule has 0 radical (unpaired) electrons. The van der Waals surface area contributed by atoms with Crippen LogP contribution in [0.25, 0.3) is 0 Å². The fourth-order valence-electron chi connectivity index (χ4n) is 2.04. The van der Waals surface area contributed by atoms with Gasteiger partial charge in [0.25, 0.3) is 0 Å². The maximum atomic E-state index is 11.4. The summed E-state index contributed by atoms with van der Waals surface area (Å²) in [7, 11) is 0. The second-order valence-corrected chi connectivity index (χ2v) is 4.63. The van der Waals surface area contributed by atoms with E-state index in [1.807, 2.05) is 11.0 Å². The first kappa shape index (κ1) is 15.5. The quantitative estimate of drug-likeness (QED) is 0.396. The Hall–Kier alpha value is -2.89. The molecule has 0 spiro atoms. The van der Waals surface area contributed by atoms with Crippen molar-refractivity contribution < 1.29 is 4.79 Å². The van der Waals surface area contributed by atoms with E-state index in [9.17, 15) is 4.79 Å². The van der Waals surface area contributed by atoms with Crippen LogP contribution in [0, 0.1) is 11.3 Å². The molecule has 1 aromatic rings. The van der Waals surface area contributed by atoms with Gasteiger partial charge in [0, 0.05) is 38.6 Å². The Bertz CT molecular complexity index is 559. The van der Waals surface area contributed by atoms with Crippen LogP contribution in [0.1, 0.15) is 0 Å². The van der Waals surface area contributed by atoms with Crippen LogP contribution in [0.3, 0.4) is 0 Å². The summed E-state index contributed by atoms with van der Waals surface area (Å²) in [5.41, 5.74) is 5.89. The number of nitrogens with zero attached hydrogens (tertiary/aromatic N) is 6. The molecule has 0 aliphatic carbocycles. The molecular formula is C13H18N8O. The molecule has 0 atom stereocenters. The first-order valence-corrected chi connectivity index (χ1v) is 6.91. The van der Waals surface area contributed by atoms with Gasteiger partial charge in [-0.05, 0) is 6.07 Å². The molecule has 9 nitrogen and oxygen atoms in total. The van der Waals surface area contributed by atoms with Gasteiger partial charge in [0.2, 0.25) is 11.9 Å². The van der Waals surface area contributed by atoms with Crippen molar-refractivity contribution in [2.75, 3.05) is 44.2 Å². The van der Waals surface area contributed by atoms with E-state index in [0.717, 1.165) is 13.1 Å². The highest BCUT2D eigenvalue weighted by Crippen LogP contribution is 2.09. The zero-order valence-electron chi connectivity index (χ0n) is 12.1. The standard InChI is InChI=1S/C13H18N8O/c14-2-5-16-11(22)10-19-12(15)20-6-8-21(9-7-20)13-17-3-1-4-18-13/h1,3-4H,5-10H2,(H2,15,19)(H,16,22). The third-order valence-corrected chi connectivity index (χ3v) is 3.19. The molecule has 116 valence electrons. The Morgan fingerprint density at radius 2 is 2.05 bits per heavy atom. The maximum absolute atomic E-state index is 11.4. The van der Waals surface area contributed by atoms with E-state index in [4.69, 9.17) is 11.0 Å². The molecule has 1 fully saturated rings. The topological polar surface area (TPSA) is 124 Å². The van der Waals surface area contributed by atoms with Gasteiger partial charge < -0.3 is 20.9 Å². The summed E-state index contributed by atoms with van der Waals surface area (Å²) in [4.78, 5) is 27.8. The van der Waals surface area contributed by atoms with Crippen molar-refractivity contribution in [3.8, 4) is 6.07 Å². The summed E-state index contributed by atoms with van der Waals surface area (Å²) in [5, 5.41) is 10.8. The third kappa shape index (κ3) is 4.31. The lowest BCUT2D eigenvalue weighted by molar-refractivity contribution is -0.119. The smallest absolute Gasteiger partial charge is 0.242 e. The lowest BCUT2D eigenvalue weighted by atomic mass is 10.3. The van der Waals surface area contributed by atoms with Gasteiger partial charge in [0.1, 0.15) is 13.1 Å². The van der Waals surface area contributed by atoms with E-state index in [0.29, 0.717) is 25.0 Å². The molecule has 9 heteroatoms. The van der Waals surface area contributed by atoms with Crippen LogP contribution in [-0.4, -0.2) is 66.0 Å². The molecule has 1 amide bonds. The normalized spacial score (nSPS) is 15.3. The number of piperazine rings is 1. The molecule has 1 aliphatic heterocycles. The SMILES string of the molecule is N#CCNC(=O)CN=C(N)N1CCN(c2ncccn2)CC1. The minimum atomic E-state index is -0.319. The van der Waals surface area contributed by atoms with Crippen molar-refractivity contribution in [1.82, 2.24) is 20.2 Å². The lowest BCUT2D eigenvalue weighted by Crippen LogP contribution is -2.51. The maximum Gasteiger partial charge on any atom is 0.242 e. The van der Waals surface area contributed by atoms with Crippen molar-refractivity contribution in [1.29, 1.82) is 5.26 Å². The Morgan fingerprint density at radius 3 is 2.68 bits per heavy atom. The third-order valence-electron chi connectivity index (χ3n) is 3.19. The Morgan fingerprint density at radius 1 is 1.36 bits per heavy atom. The molecular weight excluding hydrogens is 284 g/mol. The van der Waals surface area contributed by atoms with Crippen LogP contribution in [-0.2, 0) is 4.79 Å². The average molecular weight is 302 g/mol. The van der Waals surface area contributed by atoms with E-state index in [1.54, 1.807) is 18.5 Å². The monoisotopic (exact) mass is 302 g/mol. The van der Waals surface area contributed by atoms with Crippen LogP contribution in [0.5, 0.6) is 0 Å². The first-order valence-electron chi connectivity index (χ1n) is 6.91. The van der Waals surface area contributed by atoms with Gasteiger partial charge in [0.15, 0.2) is 5.96 Å². The highest BCUT2D eigenvalue weighted by Gasteiger charge is 2.19. The van der Waals surface area contributed by atoms with E-state index in [1.165, 1.54) is 0 Å². The fourth-order valence-corrected chi connectivity index (χ4v) is 2.04. The number of amides is 1. The molecule has 1 aromatic heterocycles. The number of nitrogens with one attached hydrogen (secondary N) is 1. The highest BCUT2D eigenvalue weighted by molar-refractivity contribution is 5.84. The molecule has 0 unspecified atom stereocenters. The van der Waals surface area contributed by atoms with E-state index < -0.39 is 0 Å². The summed E-state index contributed by atoms with van der Waals surface area (Å²) in [6.07, 6.45) is 3.43. The number of anilines is 1. The highest BCUT2D eigenvalue weighted by atomic mass is 16.1. The number of aliphatic imine (C=N–C) groups is 1. The van der Waals surface area contributed by atoms with Crippen molar-refractivity contribution in [2.24, 2.45) is 10.7 Å². The number of carbonyl (C=O) groups excluding carboxylic acids is 1. The molecule has 3 N–H and O–H groups in total. The summed E-state index contributed by atoms with van der Waals surface area (Å²) in [6, 6.07) is 3.61. The van der Waals surface area contributed by atoms with Crippen molar-refractivity contribution in [3.63, 3.8) is 0 Å². The van der Waals surface area contributed by atoms with Crippen molar-refractivity contribution in [2.45, 2.75) is 0 Å². The molecule has 0 saturated carbocycles. The van der Waals surface area contributed by atoms with Crippen LogP contribution >= 0.6 is 0 Å². The van der Waals surface area contributed by atoms with E-state index in [-0.39, 0.29) is 19.0 Å². The lowest BCUT2D eigenvalue weighted by Gasteiger charge is -2.35. The van der Waals surface area contributed by atoms with Gasteiger partial charge in [-0.15, -0.1) is 0 Å². The van der Waals surface area contributed by atoms with Crippen LogP contribution in [0.2, 0.25) is 0 Å². The van der Waals surface area contributed by atoms with Gasteiger partial charge in [-0.25, -0.2) is 15.0 Å². The Labute approximate surface area is 128 Å². The van der Waals surface area contributed by atoms with Crippen LogP contribution in [0.4, 0.5) is 5.95 Å². The molecule has 2 rings (SSSR count). The van der Waals surface area contributed by atoms with Crippen LogP contribution < -0.4 is 16.0 Å². The molecule has 2 heterocycles. The molecule has 1 aliphatic rings. The first-order chi connectivity index (χ1) is 10.7. The number of hydrogen-bond donors (Lipinski definition) is 2. The Kier molecular flexibility index (Phi) is 5.48. The number of carbonyl (C=O) groups is 1. The van der Waals surface area contributed by atoms with Crippen molar-refractivity contribution >= 4 is 17.8 Å². The van der Waals surface area contributed by atoms with E-state index in [2.05, 4.69) is 25.2 Å². The van der Waals surface area contributed by atoms with Gasteiger partial charge in [-0.3, -0.25) is 4.79 Å². The molecule has 0 aromatic carbocycles. The average Bonchev–Trinajstić information content (AvgIpc) is 2.58. The summed E-state index contributed by atoms with van der Waals surface area (Å²) < 4.78 is 0. The number of nitriles is 1. The summed E-state index contributed by atoms with van der Waals surface area (Å²) in [5.74, 6) is 0.718. The number of rotatable bonds is 4. The minimum Gasteiger partial charge on any atom is -0.370 e. The van der Waals surface area contributed by atoms with Gasteiger partial charge in [-0.2, -0.15) is 5.26 Å². The minimum absolute atomic E-state index is 0.0238. The number of guanidine groups is 1. The Balaban J connectivity index is 1.81. The van der Waals surface area contributed by atoms with Crippen LogP contribution in [0.15, 0.2) is 23.5 Å². The summed E-state index contributed by atoms with van der Waals surface area (Å²) >= 11 is 0. The predicted molar refractivity (Wildman–Crippen MR) is 80.9 cm³/mol. The van der Waals surface area contributed by atoms with Gasteiger partial charge in [0.05, 0.1) is 6.07 Å². The zero-order valence-corrected chi connectivity index (χ0v) is 12.1. The number of aromatic nitrogens is 2. The number of hydrogen-bond acceptors (Lipinski definition) is 6. The number of nitrogens with two attached hydrogens (primary N) is 1. The predicted octanol–water partition coefficient (Wildman–Crippen LogP) is -1.45. The zero-order chi connectivity index (χ0) is 15.8. The van der Waals surface area contributed by atoms with Gasteiger partial charge >= 0.3 is 0 Å². The van der Waals surface area contributed by atoms with Gasteiger partial charge in [-0.1, -0.05) is 0 Å². The second kappa shape index (κ2) is 7.78. The molecule has 0 bridgehead atoms. The molecule has 1 saturated heterocycles. The summed E-state index contributed by atoms with van der Waals surface area (Å²) in [6.45, 7) is 2.75. The van der Waals surface area contributed by atoms with Crippen molar-refractivity contribution in [3.05, 3.63) is 18.5 Å². The molecule has 22 heavy (non-hydrogen) atoms.